The monoisotopic (exact) mass is 480 g/mol. The number of hydrogen-bond acceptors (Lipinski definition) is 7. The summed E-state index contributed by atoms with van der Waals surface area (Å²) in [4.78, 5) is 15.0. The van der Waals surface area contributed by atoms with Gasteiger partial charge in [-0.05, 0) is 29.8 Å². The Kier molecular flexibility index (Phi) is 8.01. The minimum absolute atomic E-state index is 0.0947. The average molecular weight is 481 g/mol. The zero-order valence-electron chi connectivity index (χ0n) is 18.7. The number of hydrogen-bond donors (Lipinski definition) is 1. The van der Waals surface area contributed by atoms with E-state index in [0.29, 0.717) is 44.0 Å². The predicted octanol–water partition coefficient (Wildman–Crippen LogP) is 2.62. The number of anilines is 1. The normalized spacial score (nSPS) is 16.2. The zero-order chi connectivity index (χ0) is 24.2. The first-order chi connectivity index (χ1) is 15.7. The van der Waals surface area contributed by atoms with Crippen molar-refractivity contribution in [1.82, 2.24) is 9.21 Å². The van der Waals surface area contributed by atoms with Gasteiger partial charge < -0.3 is 10.0 Å². The van der Waals surface area contributed by atoms with Crippen LogP contribution < -0.4 is 4.90 Å². The van der Waals surface area contributed by atoms with Crippen LogP contribution >= 0.6 is 0 Å². The Balaban J connectivity index is 1.71. The Bertz CT molecular complexity index is 1070. The number of β-amino-alcohol motifs (C(OH)–C–C–N with tert-alkyl or cyclic N) is 1. The lowest BCUT2D eigenvalue weighted by Crippen LogP contribution is -2.47. The second-order valence-electron chi connectivity index (χ2n) is 7.85. The summed E-state index contributed by atoms with van der Waals surface area (Å²) < 4.78 is 39.9. The summed E-state index contributed by atoms with van der Waals surface area (Å²) >= 11 is 0. The number of sulfonamides is 1. The first-order valence-electron chi connectivity index (χ1n) is 10.9. The summed E-state index contributed by atoms with van der Waals surface area (Å²) in [5.41, 5.74) is 0.750. The molecule has 0 radical (unpaired) electrons. The highest BCUT2D eigenvalue weighted by atomic mass is 32.2. The maximum atomic E-state index is 13.1. The number of nitro groups is 1. The maximum absolute atomic E-state index is 13.1. The summed E-state index contributed by atoms with van der Waals surface area (Å²) in [6, 6.07) is 9.76. The molecule has 0 aliphatic carbocycles. The molecular weight excluding hydrogens is 451 g/mol. The SMILES string of the molecule is CCN(CC)S(=O)(=O)c1ccc(N2CCN(C[C@@H](O)c3ccc(F)cc3)CC2)c([N+](=O)[O-])c1. The van der Waals surface area contributed by atoms with E-state index in [0.717, 1.165) is 6.07 Å². The van der Waals surface area contributed by atoms with Gasteiger partial charge in [-0.1, -0.05) is 26.0 Å². The van der Waals surface area contributed by atoms with Gasteiger partial charge in [-0.2, -0.15) is 4.31 Å². The molecule has 0 bridgehead atoms. The van der Waals surface area contributed by atoms with Crippen molar-refractivity contribution in [3.63, 3.8) is 0 Å². The van der Waals surface area contributed by atoms with Crippen LogP contribution in [-0.2, 0) is 10.0 Å². The second-order valence-corrected chi connectivity index (χ2v) is 9.79. The molecule has 1 aliphatic rings. The summed E-state index contributed by atoms with van der Waals surface area (Å²) in [7, 11) is -3.81. The third-order valence-corrected chi connectivity index (χ3v) is 7.93. The molecule has 0 aromatic heterocycles. The molecule has 1 atom stereocenters. The fourth-order valence-corrected chi connectivity index (χ4v) is 5.47. The molecule has 0 amide bonds. The van der Waals surface area contributed by atoms with Gasteiger partial charge in [0.15, 0.2) is 0 Å². The number of nitro benzene ring substituents is 1. The van der Waals surface area contributed by atoms with E-state index in [1.807, 2.05) is 9.80 Å². The van der Waals surface area contributed by atoms with Gasteiger partial charge in [-0.25, -0.2) is 12.8 Å². The number of aliphatic hydroxyl groups is 1. The molecular formula is C22H29FN4O5S. The lowest BCUT2D eigenvalue weighted by atomic mass is 10.1. The summed E-state index contributed by atoms with van der Waals surface area (Å²) in [5, 5.41) is 22.2. The van der Waals surface area contributed by atoms with E-state index in [2.05, 4.69) is 0 Å². The van der Waals surface area contributed by atoms with Crippen LogP contribution in [0.25, 0.3) is 0 Å². The van der Waals surface area contributed by atoms with Crippen LogP contribution in [0.3, 0.4) is 0 Å². The largest absolute Gasteiger partial charge is 0.387 e. The molecule has 1 N–H and O–H groups in total. The second kappa shape index (κ2) is 10.6. The fraction of sp³-hybridized carbons (Fsp3) is 0.455. The quantitative estimate of drug-likeness (QED) is 0.434. The Morgan fingerprint density at radius 1 is 1.09 bits per heavy atom. The van der Waals surface area contributed by atoms with Gasteiger partial charge in [-0.3, -0.25) is 15.0 Å². The third kappa shape index (κ3) is 5.67. The first-order valence-corrected chi connectivity index (χ1v) is 12.3. The van der Waals surface area contributed by atoms with Crippen molar-refractivity contribution in [3.8, 4) is 0 Å². The van der Waals surface area contributed by atoms with E-state index in [9.17, 15) is 28.0 Å². The molecule has 0 saturated carbocycles. The Labute approximate surface area is 193 Å². The number of aliphatic hydroxyl groups excluding tert-OH is 1. The summed E-state index contributed by atoms with van der Waals surface area (Å²) in [6.45, 7) is 6.46. The highest BCUT2D eigenvalue weighted by molar-refractivity contribution is 7.89. The molecule has 1 aliphatic heterocycles. The Morgan fingerprint density at radius 3 is 2.24 bits per heavy atom. The van der Waals surface area contributed by atoms with Crippen LogP contribution in [-0.4, -0.2) is 73.5 Å². The minimum atomic E-state index is -3.81. The Hall–Kier alpha value is -2.60. The molecule has 0 unspecified atom stereocenters. The van der Waals surface area contributed by atoms with Crippen molar-refractivity contribution in [2.24, 2.45) is 0 Å². The van der Waals surface area contributed by atoms with Gasteiger partial charge in [-0.15, -0.1) is 0 Å². The molecule has 11 heteroatoms. The first kappa shape index (κ1) is 25.0. The average Bonchev–Trinajstić information content (AvgIpc) is 2.80. The Morgan fingerprint density at radius 2 is 1.70 bits per heavy atom. The standard InChI is InChI=1S/C22H29FN4O5S/c1-3-26(4-2)33(31,32)19-9-10-20(21(15-19)27(29)30)25-13-11-24(12-14-25)16-22(28)17-5-7-18(23)8-6-17/h5-10,15,22,28H,3-4,11-14,16H2,1-2H3/t22-/m1/s1. The zero-order valence-corrected chi connectivity index (χ0v) is 19.5. The molecule has 1 heterocycles. The molecule has 2 aromatic carbocycles. The van der Waals surface area contributed by atoms with Crippen LogP contribution in [0.15, 0.2) is 47.4 Å². The van der Waals surface area contributed by atoms with Crippen molar-refractivity contribution in [3.05, 3.63) is 64.0 Å². The van der Waals surface area contributed by atoms with E-state index >= 15 is 0 Å². The van der Waals surface area contributed by atoms with E-state index < -0.39 is 21.1 Å². The lowest BCUT2D eigenvalue weighted by Gasteiger charge is -2.36. The van der Waals surface area contributed by atoms with Gasteiger partial charge in [0.25, 0.3) is 5.69 Å². The minimum Gasteiger partial charge on any atom is -0.387 e. The molecule has 0 spiro atoms. The molecule has 180 valence electrons. The van der Waals surface area contributed by atoms with Gasteiger partial charge in [0, 0.05) is 51.9 Å². The molecule has 1 saturated heterocycles. The fourth-order valence-electron chi connectivity index (χ4n) is 4.00. The summed E-state index contributed by atoms with van der Waals surface area (Å²) in [6.07, 6.45) is -0.768. The molecule has 9 nitrogen and oxygen atoms in total. The van der Waals surface area contributed by atoms with Crippen LogP contribution in [0.2, 0.25) is 0 Å². The lowest BCUT2D eigenvalue weighted by molar-refractivity contribution is -0.384. The highest BCUT2D eigenvalue weighted by Crippen LogP contribution is 2.32. The smallest absolute Gasteiger partial charge is 0.293 e. The van der Waals surface area contributed by atoms with Crippen molar-refractivity contribution in [1.29, 1.82) is 0 Å². The number of rotatable bonds is 9. The van der Waals surface area contributed by atoms with Crippen LogP contribution in [0.4, 0.5) is 15.8 Å². The van der Waals surface area contributed by atoms with E-state index in [-0.39, 0.29) is 29.5 Å². The topological polar surface area (TPSA) is 107 Å². The number of halogens is 1. The van der Waals surface area contributed by atoms with Gasteiger partial charge in [0.05, 0.1) is 15.9 Å². The third-order valence-electron chi connectivity index (χ3n) is 5.89. The molecule has 3 rings (SSSR count). The van der Waals surface area contributed by atoms with Gasteiger partial charge in [0.1, 0.15) is 11.5 Å². The van der Waals surface area contributed by atoms with Gasteiger partial charge >= 0.3 is 0 Å². The highest BCUT2D eigenvalue weighted by Gasteiger charge is 2.29. The van der Waals surface area contributed by atoms with E-state index in [1.165, 1.54) is 28.6 Å². The predicted molar refractivity (Wildman–Crippen MR) is 123 cm³/mol. The number of nitrogens with zero attached hydrogens (tertiary/aromatic N) is 4. The summed E-state index contributed by atoms with van der Waals surface area (Å²) in [5.74, 6) is -0.364. The van der Waals surface area contributed by atoms with Crippen molar-refractivity contribution in [2.75, 3.05) is 50.7 Å². The van der Waals surface area contributed by atoms with Crippen molar-refractivity contribution >= 4 is 21.4 Å². The maximum Gasteiger partial charge on any atom is 0.293 e. The van der Waals surface area contributed by atoms with Crippen LogP contribution in [0.1, 0.15) is 25.5 Å². The van der Waals surface area contributed by atoms with Gasteiger partial charge in [0.2, 0.25) is 10.0 Å². The van der Waals surface area contributed by atoms with E-state index in [4.69, 9.17) is 0 Å². The van der Waals surface area contributed by atoms with E-state index in [1.54, 1.807) is 26.0 Å². The van der Waals surface area contributed by atoms with Crippen LogP contribution in [0.5, 0.6) is 0 Å². The molecule has 33 heavy (non-hydrogen) atoms. The van der Waals surface area contributed by atoms with Crippen LogP contribution in [0, 0.1) is 15.9 Å². The molecule has 2 aromatic rings. The van der Waals surface area contributed by atoms with Crippen molar-refractivity contribution < 1.29 is 22.8 Å². The molecule has 1 fully saturated rings. The number of benzene rings is 2. The number of piperazine rings is 1. The van der Waals surface area contributed by atoms with Crippen molar-refractivity contribution in [2.45, 2.75) is 24.8 Å².